The van der Waals surface area contributed by atoms with Crippen LogP contribution in [0.25, 0.3) is 0 Å². The molecule has 0 saturated carbocycles. The molecule has 0 bridgehead atoms. The average Bonchev–Trinajstić information content (AvgIpc) is 2.38. The molecule has 1 amide bonds. The van der Waals surface area contributed by atoms with Gasteiger partial charge >= 0.3 is 0 Å². The quantitative estimate of drug-likeness (QED) is 0.755. The monoisotopic (exact) mass is 237 g/mol. The molecule has 0 fully saturated rings. The Balaban J connectivity index is 2.57. The van der Waals surface area contributed by atoms with Gasteiger partial charge in [0, 0.05) is 20.0 Å². The number of anilines is 1. The molecule has 0 aliphatic rings. The molecule has 0 aliphatic heterocycles. The topological polar surface area (TPSA) is 79.8 Å². The Kier molecular flexibility index (Phi) is 5.32. The van der Waals surface area contributed by atoms with Crippen molar-refractivity contribution in [1.82, 2.24) is 20.5 Å². The van der Waals surface area contributed by atoms with E-state index in [-0.39, 0.29) is 5.91 Å². The van der Waals surface area contributed by atoms with Crippen LogP contribution < -0.4 is 10.6 Å². The van der Waals surface area contributed by atoms with E-state index >= 15 is 0 Å². The normalized spacial score (nSPS) is 10.1. The number of nitrogens with one attached hydrogen (secondary N) is 2. The van der Waals surface area contributed by atoms with Gasteiger partial charge in [-0.25, -0.2) is 4.98 Å². The van der Waals surface area contributed by atoms with Crippen LogP contribution in [0.15, 0.2) is 0 Å². The van der Waals surface area contributed by atoms with Crippen LogP contribution in [-0.2, 0) is 17.6 Å². The highest BCUT2D eigenvalue weighted by molar-refractivity contribution is 5.75. The summed E-state index contributed by atoms with van der Waals surface area (Å²) in [6, 6.07) is 0. The highest BCUT2D eigenvalue weighted by Crippen LogP contribution is 2.06. The predicted molar refractivity (Wildman–Crippen MR) is 65.8 cm³/mol. The molecule has 0 atom stereocenters. The lowest BCUT2D eigenvalue weighted by Gasteiger charge is -2.07. The highest BCUT2D eigenvalue weighted by atomic mass is 16.1. The lowest BCUT2D eigenvalue weighted by atomic mass is 10.2. The van der Waals surface area contributed by atoms with Crippen molar-refractivity contribution in [2.75, 3.05) is 18.9 Å². The second-order valence-electron chi connectivity index (χ2n) is 3.59. The fourth-order valence-electron chi connectivity index (χ4n) is 1.43. The minimum Gasteiger partial charge on any atom is -0.359 e. The SMILES string of the molecule is CCc1nnc(NCCC(=O)NC)nc1CC. The van der Waals surface area contributed by atoms with E-state index in [1.807, 2.05) is 13.8 Å². The van der Waals surface area contributed by atoms with Crippen LogP contribution in [0.1, 0.15) is 31.7 Å². The number of carbonyl (C=O) groups is 1. The Bertz CT molecular complexity index is 380. The molecule has 0 aliphatic carbocycles. The predicted octanol–water partition coefficient (Wildman–Crippen LogP) is 0.544. The zero-order chi connectivity index (χ0) is 12.7. The lowest BCUT2D eigenvalue weighted by Crippen LogP contribution is -2.21. The summed E-state index contributed by atoms with van der Waals surface area (Å²) in [5, 5.41) is 13.6. The molecule has 0 aromatic carbocycles. The molecule has 0 spiro atoms. The molecule has 1 aromatic rings. The first-order valence-corrected chi connectivity index (χ1v) is 5.88. The summed E-state index contributed by atoms with van der Waals surface area (Å²) in [6.45, 7) is 4.58. The number of aromatic nitrogens is 3. The fraction of sp³-hybridized carbons (Fsp3) is 0.636. The van der Waals surface area contributed by atoms with Crippen LogP contribution in [0.3, 0.4) is 0 Å². The number of hydrogen-bond donors (Lipinski definition) is 2. The molecule has 1 rings (SSSR count). The largest absolute Gasteiger partial charge is 0.359 e. The van der Waals surface area contributed by atoms with Crippen LogP contribution in [-0.4, -0.2) is 34.7 Å². The van der Waals surface area contributed by atoms with Crippen LogP contribution in [0, 0.1) is 0 Å². The first kappa shape index (κ1) is 13.3. The van der Waals surface area contributed by atoms with E-state index in [4.69, 9.17) is 0 Å². The molecule has 1 heterocycles. The van der Waals surface area contributed by atoms with Gasteiger partial charge in [0.25, 0.3) is 0 Å². The number of hydrogen-bond acceptors (Lipinski definition) is 5. The third-order valence-electron chi connectivity index (χ3n) is 2.42. The van der Waals surface area contributed by atoms with E-state index < -0.39 is 0 Å². The van der Waals surface area contributed by atoms with Gasteiger partial charge in [-0.15, -0.1) is 5.10 Å². The van der Waals surface area contributed by atoms with Crippen molar-refractivity contribution < 1.29 is 4.79 Å². The van der Waals surface area contributed by atoms with Gasteiger partial charge < -0.3 is 10.6 Å². The summed E-state index contributed by atoms with van der Waals surface area (Å²) in [5.41, 5.74) is 1.90. The lowest BCUT2D eigenvalue weighted by molar-refractivity contribution is -0.120. The van der Waals surface area contributed by atoms with E-state index in [1.165, 1.54) is 0 Å². The molecule has 17 heavy (non-hydrogen) atoms. The van der Waals surface area contributed by atoms with Crippen molar-refractivity contribution in [3.05, 3.63) is 11.4 Å². The van der Waals surface area contributed by atoms with E-state index in [0.717, 1.165) is 24.2 Å². The third-order valence-corrected chi connectivity index (χ3v) is 2.42. The zero-order valence-corrected chi connectivity index (χ0v) is 10.6. The van der Waals surface area contributed by atoms with Gasteiger partial charge in [0.05, 0.1) is 11.4 Å². The van der Waals surface area contributed by atoms with E-state index in [2.05, 4.69) is 25.8 Å². The summed E-state index contributed by atoms with van der Waals surface area (Å²) >= 11 is 0. The van der Waals surface area contributed by atoms with Gasteiger partial charge in [0.1, 0.15) is 0 Å². The molecular formula is C11H19N5O. The Morgan fingerprint density at radius 1 is 1.18 bits per heavy atom. The van der Waals surface area contributed by atoms with Gasteiger partial charge in [-0.05, 0) is 12.8 Å². The standard InChI is InChI=1S/C11H19N5O/c1-4-8-9(5-2)15-16-11(14-8)13-7-6-10(17)12-3/h4-7H2,1-3H3,(H,12,17)(H,13,14,16). The third kappa shape index (κ3) is 3.97. The second-order valence-corrected chi connectivity index (χ2v) is 3.59. The molecule has 94 valence electrons. The van der Waals surface area contributed by atoms with Crippen molar-refractivity contribution >= 4 is 11.9 Å². The highest BCUT2D eigenvalue weighted by Gasteiger charge is 2.06. The van der Waals surface area contributed by atoms with Crippen molar-refractivity contribution in [3.8, 4) is 0 Å². The van der Waals surface area contributed by atoms with Crippen molar-refractivity contribution in [2.24, 2.45) is 0 Å². The summed E-state index contributed by atoms with van der Waals surface area (Å²) in [5.74, 6) is 0.481. The van der Waals surface area contributed by atoms with Crippen molar-refractivity contribution in [2.45, 2.75) is 33.1 Å². The molecule has 0 unspecified atom stereocenters. The number of aryl methyl sites for hydroxylation is 2. The summed E-state index contributed by atoms with van der Waals surface area (Å²) in [6.07, 6.45) is 2.07. The average molecular weight is 237 g/mol. The maximum absolute atomic E-state index is 11.0. The maximum Gasteiger partial charge on any atom is 0.242 e. The number of carbonyl (C=O) groups excluding carboxylic acids is 1. The van der Waals surface area contributed by atoms with E-state index in [9.17, 15) is 4.79 Å². The molecule has 2 N–H and O–H groups in total. The van der Waals surface area contributed by atoms with Gasteiger partial charge in [-0.1, -0.05) is 13.8 Å². The van der Waals surface area contributed by atoms with Crippen LogP contribution in [0.5, 0.6) is 0 Å². The van der Waals surface area contributed by atoms with Gasteiger partial charge in [0.15, 0.2) is 0 Å². The molecule has 0 saturated heterocycles. The van der Waals surface area contributed by atoms with Crippen molar-refractivity contribution in [1.29, 1.82) is 0 Å². The number of nitrogens with zero attached hydrogens (tertiary/aromatic N) is 3. The fourth-order valence-corrected chi connectivity index (χ4v) is 1.43. The minimum atomic E-state index is -0.00801. The molecule has 6 nitrogen and oxygen atoms in total. The summed E-state index contributed by atoms with van der Waals surface area (Å²) in [7, 11) is 1.62. The Morgan fingerprint density at radius 3 is 2.47 bits per heavy atom. The van der Waals surface area contributed by atoms with Crippen LogP contribution in [0.4, 0.5) is 5.95 Å². The molecule has 6 heteroatoms. The van der Waals surface area contributed by atoms with Crippen LogP contribution in [0.2, 0.25) is 0 Å². The number of rotatable bonds is 6. The zero-order valence-electron chi connectivity index (χ0n) is 10.6. The first-order chi connectivity index (χ1) is 8.21. The smallest absolute Gasteiger partial charge is 0.242 e. The Hall–Kier alpha value is -1.72. The minimum absolute atomic E-state index is 0.00801. The molecule has 1 aromatic heterocycles. The van der Waals surface area contributed by atoms with Crippen molar-refractivity contribution in [3.63, 3.8) is 0 Å². The Morgan fingerprint density at radius 2 is 1.88 bits per heavy atom. The van der Waals surface area contributed by atoms with Gasteiger partial charge in [0.2, 0.25) is 11.9 Å². The van der Waals surface area contributed by atoms with E-state index in [1.54, 1.807) is 7.05 Å². The van der Waals surface area contributed by atoms with Crippen LogP contribution >= 0.6 is 0 Å². The van der Waals surface area contributed by atoms with E-state index in [0.29, 0.717) is 18.9 Å². The molecule has 0 radical (unpaired) electrons. The number of amides is 1. The Labute approximate surface area is 101 Å². The first-order valence-electron chi connectivity index (χ1n) is 5.88. The van der Waals surface area contributed by atoms with Gasteiger partial charge in [-0.3, -0.25) is 4.79 Å². The summed E-state index contributed by atoms with van der Waals surface area (Å²) < 4.78 is 0. The molecular weight excluding hydrogens is 218 g/mol. The maximum atomic E-state index is 11.0. The van der Waals surface area contributed by atoms with Gasteiger partial charge in [-0.2, -0.15) is 5.10 Å². The second kappa shape index (κ2) is 6.78. The summed E-state index contributed by atoms with van der Waals surface area (Å²) in [4.78, 5) is 15.4.